The van der Waals surface area contributed by atoms with E-state index in [1.54, 1.807) is 0 Å². The van der Waals surface area contributed by atoms with E-state index in [2.05, 4.69) is 65.2 Å². The molecular weight excluding hydrogens is 462 g/mol. The second kappa shape index (κ2) is 7.65. The molecule has 0 amide bonds. The van der Waals surface area contributed by atoms with Gasteiger partial charge in [0, 0.05) is 16.7 Å². The van der Waals surface area contributed by atoms with Crippen LogP contribution in [0, 0.1) is 0 Å². The lowest BCUT2D eigenvalue weighted by molar-refractivity contribution is 0.239. The fourth-order valence-corrected chi connectivity index (χ4v) is 3.57. The first kappa shape index (κ1) is 16.8. The summed E-state index contributed by atoms with van der Waals surface area (Å²) in [7, 11) is 0. The summed E-state index contributed by atoms with van der Waals surface area (Å²) in [5, 5.41) is 3.40. The zero-order valence-corrected chi connectivity index (χ0v) is 16.5. The van der Waals surface area contributed by atoms with Crippen LogP contribution in [-0.2, 0) is 6.54 Å². The van der Waals surface area contributed by atoms with Gasteiger partial charge in [0.2, 0.25) is 0 Å². The number of hydrogen-bond acceptors (Lipinski definition) is 2. The second-order valence-corrected chi connectivity index (χ2v) is 7.54. The lowest BCUT2D eigenvalue weighted by atomic mass is 10.2. The summed E-state index contributed by atoms with van der Waals surface area (Å²) in [5.41, 5.74) is 2.26. The lowest BCUT2D eigenvalue weighted by Crippen LogP contribution is -2.07. The fourth-order valence-electron chi connectivity index (χ4n) is 1.83. The summed E-state index contributed by atoms with van der Waals surface area (Å²) in [5.74, 6) is 0.845. The van der Waals surface area contributed by atoms with Gasteiger partial charge in [-0.25, -0.2) is 0 Å². The van der Waals surface area contributed by atoms with Crippen LogP contribution in [0.15, 0.2) is 49.8 Å². The minimum atomic E-state index is 0.143. The van der Waals surface area contributed by atoms with E-state index in [0.717, 1.165) is 31.4 Å². The Morgan fingerprint density at radius 1 is 1.00 bits per heavy atom. The smallest absolute Gasteiger partial charge is 0.148 e. The second-order valence-electron chi connectivity index (χ2n) is 4.92. The highest BCUT2D eigenvalue weighted by atomic mass is 79.9. The number of anilines is 1. The summed E-state index contributed by atoms with van der Waals surface area (Å²) in [4.78, 5) is 0. The molecule has 0 aliphatic rings. The highest BCUT2D eigenvalue weighted by molar-refractivity contribution is 9.11. The number of halogens is 3. The van der Waals surface area contributed by atoms with Gasteiger partial charge in [-0.3, -0.25) is 0 Å². The summed E-state index contributed by atoms with van der Waals surface area (Å²) < 4.78 is 8.78. The zero-order valence-electron chi connectivity index (χ0n) is 11.8. The molecule has 0 fully saturated rings. The zero-order chi connectivity index (χ0) is 15.4. The summed E-state index contributed by atoms with van der Waals surface area (Å²) in [6.45, 7) is 4.78. The van der Waals surface area contributed by atoms with Gasteiger partial charge in [0.25, 0.3) is 0 Å². The van der Waals surface area contributed by atoms with Gasteiger partial charge < -0.3 is 10.1 Å². The van der Waals surface area contributed by atoms with Crippen molar-refractivity contribution in [2.24, 2.45) is 0 Å². The standard InChI is InChI=1S/C16H16Br3NO/c1-10(2)21-16-14(18)7-11(8-15(16)19)9-20-13-5-3-12(17)4-6-13/h3-8,10,20H,9H2,1-2H3. The van der Waals surface area contributed by atoms with Crippen LogP contribution in [0.4, 0.5) is 5.69 Å². The van der Waals surface area contributed by atoms with Crippen molar-refractivity contribution in [2.75, 3.05) is 5.32 Å². The topological polar surface area (TPSA) is 21.3 Å². The maximum absolute atomic E-state index is 5.79. The van der Waals surface area contributed by atoms with Crippen molar-refractivity contribution in [3.05, 3.63) is 55.4 Å². The SMILES string of the molecule is CC(C)Oc1c(Br)cc(CNc2ccc(Br)cc2)cc1Br. The van der Waals surface area contributed by atoms with E-state index in [1.165, 1.54) is 5.56 Å². The van der Waals surface area contributed by atoms with Crippen molar-refractivity contribution in [3.8, 4) is 5.75 Å². The number of ether oxygens (including phenoxy) is 1. The highest BCUT2D eigenvalue weighted by Crippen LogP contribution is 2.35. The number of hydrogen-bond donors (Lipinski definition) is 1. The third-order valence-electron chi connectivity index (χ3n) is 2.75. The molecule has 0 atom stereocenters. The van der Waals surface area contributed by atoms with E-state index in [-0.39, 0.29) is 6.10 Å². The van der Waals surface area contributed by atoms with Crippen molar-refractivity contribution >= 4 is 53.5 Å². The lowest BCUT2D eigenvalue weighted by Gasteiger charge is -2.15. The first-order chi connectivity index (χ1) is 9.95. The van der Waals surface area contributed by atoms with Crippen LogP contribution in [0.2, 0.25) is 0 Å². The monoisotopic (exact) mass is 475 g/mol. The molecular formula is C16H16Br3NO. The van der Waals surface area contributed by atoms with Gasteiger partial charge in [-0.05, 0) is 87.7 Å². The van der Waals surface area contributed by atoms with Gasteiger partial charge in [0.05, 0.1) is 15.0 Å². The average molecular weight is 478 g/mol. The van der Waals surface area contributed by atoms with Crippen molar-refractivity contribution in [3.63, 3.8) is 0 Å². The third-order valence-corrected chi connectivity index (χ3v) is 4.46. The van der Waals surface area contributed by atoms with Gasteiger partial charge in [-0.1, -0.05) is 15.9 Å². The molecule has 0 radical (unpaired) electrons. The molecule has 5 heteroatoms. The molecule has 2 nitrogen and oxygen atoms in total. The molecule has 0 unspecified atom stereocenters. The molecule has 0 saturated heterocycles. The van der Waals surface area contributed by atoms with Gasteiger partial charge in [0.1, 0.15) is 5.75 Å². The summed E-state index contributed by atoms with van der Waals surface area (Å²) in [6.07, 6.45) is 0.143. The first-order valence-electron chi connectivity index (χ1n) is 6.59. The van der Waals surface area contributed by atoms with E-state index >= 15 is 0 Å². The predicted octanol–water partition coefficient (Wildman–Crippen LogP) is 6.37. The Morgan fingerprint density at radius 3 is 2.10 bits per heavy atom. The molecule has 0 saturated carbocycles. The Bertz CT molecular complexity index is 588. The molecule has 112 valence electrons. The number of benzene rings is 2. The van der Waals surface area contributed by atoms with Crippen LogP contribution in [0.5, 0.6) is 5.75 Å². The van der Waals surface area contributed by atoms with Gasteiger partial charge in [-0.2, -0.15) is 0 Å². The van der Waals surface area contributed by atoms with Crippen molar-refractivity contribution < 1.29 is 4.74 Å². The molecule has 2 aromatic rings. The normalized spacial score (nSPS) is 10.8. The Hall–Kier alpha value is -0.520. The summed E-state index contributed by atoms with van der Waals surface area (Å²) in [6, 6.07) is 12.3. The molecule has 2 aromatic carbocycles. The molecule has 1 N–H and O–H groups in total. The molecule has 2 rings (SSSR count). The Morgan fingerprint density at radius 2 is 1.57 bits per heavy atom. The van der Waals surface area contributed by atoms with Gasteiger partial charge in [0.15, 0.2) is 0 Å². The van der Waals surface area contributed by atoms with E-state index in [9.17, 15) is 0 Å². The average Bonchev–Trinajstić information content (AvgIpc) is 2.42. The van der Waals surface area contributed by atoms with Gasteiger partial charge >= 0.3 is 0 Å². The number of rotatable bonds is 5. The van der Waals surface area contributed by atoms with Crippen molar-refractivity contribution in [1.82, 2.24) is 0 Å². The molecule has 0 spiro atoms. The minimum absolute atomic E-state index is 0.143. The largest absolute Gasteiger partial charge is 0.489 e. The highest BCUT2D eigenvalue weighted by Gasteiger charge is 2.10. The molecule has 0 heterocycles. The Balaban J connectivity index is 2.09. The van der Waals surface area contributed by atoms with E-state index in [0.29, 0.717) is 0 Å². The molecule has 0 aliphatic carbocycles. The predicted molar refractivity (Wildman–Crippen MR) is 99.1 cm³/mol. The Kier molecular flexibility index (Phi) is 6.14. The van der Waals surface area contributed by atoms with Crippen LogP contribution in [-0.4, -0.2) is 6.10 Å². The maximum Gasteiger partial charge on any atom is 0.148 e. The molecule has 0 aromatic heterocycles. The van der Waals surface area contributed by atoms with Crippen molar-refractivity contribution in [2.45, 2.75) is 26.5 Å². The molecule has 0 bridgehead atoms. The van der Waals surface area contributed by atoms with E-state index in [4.69, 9.17) is 4.74 Å². The third kappa shape index (κ3) is 5.01. The first-order valence-corrected chi connectivity index (χ1v) is 8.97. The fraction of sp³-hybridized carbons (Fsp3) is 0.250. The van der Waals surface area contributed by atoms with E-state index in [1.807, 2.05) is 38.1 Å². The van der Waals surface area contributed by atoms with Crippen LogP contribution in [0.3, 0.4) is 0 Å². The Labute approximate surface area is 150 Å². The van der Waals surface area contributed by atoms with Crippen LogP contribution >= 0.6 is 47.8 Å². The minimum Gasteiger partial charge on any atom is -0.489 e. The van der Waals surface area contributed by atoms with Crippen LogP contribution in [0.1, 0.15) is 19.4 Å². The number of nitrogens with one attached hydrogen (secondary N) is 1. The van der Waals surface area contributed by atoms with Crippen LogP contribution < -0.4 is 10.1 Å². The quantitative estimate of drug-likeness (QED) is 0.540. The van der Waals surface area contributed by atoms with Crippen molar-refractivity contribution in [1.29, 1.82) is 0 Å². The maximum atomic E-state index is 5.79. The van der Waals surface area contributed by atoms with E-state index < -0.39 is 0 Å². The molecule has 21 heavy (non-hydrogen) atoms. The molecule has 0 aliphatic heterocycles. The van der Waals surface area contributed by atoms with Gasteiger partial charge in [-0.15, -0.1) is 0 Å². The van der Waals surface area contributed by atoms with Crippen LogP contribution in [0.25, 0.3) is 0 Å². The summed E-state index contributed by atoms with van der Waals surface area (Å²) >= 11 is 10.6.